The van der Waals surface area contributed by atoms with E-state index in [1.54, 1.807) is 12.1 Å². The minimum atomic E-state index is -2.53. The zero-order valence-corrected chi connectivity index (χ0v) is 8.96. The van der Waals surface area contributed by atoms with E-state index in [0.29, 0.717) is 11.1 Å². The molecule has 0 saturated heterocycles. The van der Waals surface area contributed by atoms with E-state index in [1.807, 2.05) is 0 Å². The lowest BCUT2D eigenvalue weighted by Gasteiger charge is -2.01. The lowest BCUT2D eigenvalue weighted by molar-refractivity contribution is 0.610. The topological polar surface area (TPSA) is 68.3 Å². The molecule has 0 aliphatic carbocycles. The van der Waals surface area contributed by atoms with E-state index in [9.17, 15) is 16.8 Å². The van der Waals surface area contributed by atoms with E-state index in [2.05, 4.69) is 6.07 Å². The highest BCUT2D eigenvalue weighted by Crippen LogP contribution is 2.10. The summed E-state index contributed by atoms with van der Waals surface area (Å²) < 4.78 is 41.9. The maximum atomic E-state index is 10.5. The van der Waals surface area contributed by atoms with E-state index in [1.165, 1.54) is 6.07 Å². The molecule has 14 heavy (non-hydrogen) atoms. The smallest absolute Gasteiger partial charge is 0.144 e. The Hall–Kier alpha value is -0.880. The van der Waals surface area contributed by atoms with Crippen LogP contribution >= 0.6 is 0 Å². The first kappa shape index (κ1) is 11.2. The van der Waals surface area contributed by atoms with Gasteiger partial charge in [-0.2, -0.15) is 0 Å². The molecule has 0 atom stereocenters. The van der Waals surface area contributed by atoms with E-state index in [-0.39, 0.29) is 11.5 Å². The Bertz CT molecular complexity index is 401. The third-order valence-corrected chi connectivity index (χ3v) is 2.85. The molecule has 77 valence electrons. The molecular formula is C8H9O4S2. The summed E-state index contributed by atoms with van der Waals surface area (Å²) in [7, 11) is -5.06. The molecule has 6 heteroatoms. The summed E-state index contributed by atoms with van der Waals surface area (Å²) in [6.07, 6.45) is 0. The highest BCUT2D eigenvalue weighted by molar-refractivity contribution is 7.72. The molecule has 0 aliphatic rings. The normalized spacial score (nSPS) is 11.0. The fourth-order valence-corrected chi connectivity index (χ4v) is 2.24. The first-order chi connectivity index (χ1) is 6.59. The third kappa shape index (κ3) is 3.47. The van der Waals surface area contributed by atoms with E-state index in [4.69, 9.17) is 0 Å². The second-order valence-electron chi connectivity index (χ2n) is 2.68. The van der Waals surface area contributed by atoms with Crippen LogP contribution in [0.3, 0.4) is 0 Å². The average Bonchev–Trinajstić information content (AvgIpc) is 2.06. The summed E-state index contributed by atoms with van der Waals surface area (Å²) in [5.74, 6) is -0.256. The number of hydrogen-bond acceptors (Lipinski definition) is 4. The lowest BCUT2D eigenvalue weighted by Crippen LogP contribution is -1.96. The van der Waals surface area contributed by atoms with Gasteiger partial charge in [0.2, 0.25) is 0 Å². The largest absolute Gasteiger partial charge is 0.232 e. The van der Waals surface area contributed by atoms with Crippen molar-refractivity contribution >= 4 is 21.4 Å². The highest BCUT2D eigenvalue weighted by Gasteiger charge is 2.03. The Balaban J connectivity index is 3.02. The molecule has 0 aliphatic heterocycles. The molecule has 1 aromatic rings. The van der Waals surface area contributed by atoms with Gasteiger partial charge in [0, 0.05) is 0 Å². The van der Waals surface area contributed by atoms with Gasteiger partial charge < -0.3 is 0 Å². The van der Waals surface area contributed by atoms with Crippen molar-refractivity contribution in [2.24, 2.45) is 0 Å². The Morgan fingerprint density at radius 3 is 2.14 bits per heavy atom. The molecule has 0 heterocycles. The van der Waals surface area contributed by atoms with Crippen LogP contribution < -0.4 is 0 Å². The van der Waals surface area contributed by atoms with Gasteiger partial charge in [-0.25, -0.2) is 16.8 Å². The summed E-state index contributed by atoms with van der Waals surface area (Å²) in [5.41, 5.74) is 1.03. The van der Waals surface area contributed by atoms with Crippen LogP contribution in [0.5, 0.6) is 0 Å². The molecule has 1 rings (SSSR count). The minimum absolute atomic E-state index is 0.123. The van der Waals surface area contributed by atoms with Crippen LogP contribution in [0.4, 0.5) is 0 Å². The predicted molar refractivity (Wildman–Crippen MR) is 53.3 cm³/mol. The average molecular weight is 233 g/mol. The highest BCUT2D eigenvalue weighted by atomic mass is 32.2. The van der Waals surface area contributed by atoms with Crippen molar-refractivity contribution in [3.05, 3.63) is 35.4 Å². The van der Waals surface area contributed by atoms with Gasteiger partial charge in [0.25, 0.3) is 0 Å². The molecule has 1 radical (unpaired) electrons. The third-order valence-electron chi connectivity index (χ3n) is 1.65. The molecule has 0 N–H and O–H groups in total. The molecule has 0 fully saturated rings. The molecule has 0 saturated carbocycles. The van der Waals surface area contributed by atoms with Crippen LogP contribution in [0.15, 0.2) is 18.2 Å². The lowest BCUT2D eigenvalue weighted by atomic mass is 10.1. The summed E-state index contributed by atoms with van der Waals surface area (Å²) in [6, 6.07) is 7.35. The number of hydrogen-bond donors (Lipinski definition) is 2. The number of rotatable bonds is 4. The van der Waals surface area contributed by atoms with Crippen LogP contribution in [0, 0.1) is 6.07 Å². The second kappa shape index (κ2) is 5.11. The van der Waals surface area contributed by atoms with Gasteiger partial charge in [0.05, 0.1) is 11.5 Å². The Labute approximate surface area is 85.5 Å². The van der Waals surface area contributed by atoms with Crippen molar-refractivity contribution in [2.75, 3.05) is 0 Å². The van der Waals surface area contributed by atoms with Crippen molar-refractivity contribution in [1.82, 2.24) is 0 Å². The second-order valence-corrected chi connectivity index (χ2v) is 4.64. The van der Waals surface area contributed by atoms with Crippen molar-refractivity contribution < 1.29 is 16.8 Å². The standard InChI is InChI=1S/C8H9O4S2/c9-13(10)5-7-3-1-2-4-8(7)6-14(11)12/h1,3-4,13-14H,5-6H2. The molecule has 0 amide bonds. The summed E-state index contributed by atoms with van der Waals surface area (Å²) in [6.45, 7) is 0. The first-order valence-electron chi connectivity index (χ1n) is 3.81. The van der Waals surface area contributed by atoms with Gasteiger partial charge in [0.1, 0.15) is 21.4 Å². The van der Waals surface area contributed by atoms with Gasteiger partial charge in [-0.05, 0) is 23.3 Å². The molecular weight excluding hydrogens is 224 g/mol. The molecule has 0 unspecified atom stereocenters. The molecule has 0 aromatic heterocycles. The van der Waals surface area contributed by atoms with Crippen molar-refractivity contribution in [3.8, 4) is 0 Å². The van der Waals surface area contributed by atoms with E-state index < -0.39 is 21.4 Å². The molecule has 4 nitrogen and oxygen atoms in total. The minimum Gasteiger partial charge on any atom is -0.232 e. The van der Waals surface area contributed by atoms with Gasteiger partial charge in [-0.15, -0.1) is 0 Å². The Morgan fingerprint density at radius 1 is 1.00 bits per heavy atom. The maximum absolute atomic E-state index is 10.5. The van der Waals surface area contributed by atoms with Crippen LogP contribution in [-0.4, -0.2) is 16.8 Å². The van der Waals surface area contributed by atoms with Gasteiger partial charge in [0.15, 0.2) is 0 Å². The van der Waals surface area contributed by atoms with Gasteiger partial charge in [-0.3, -0.25) is 0 Å². The Morgan fingerprint density at radius 2 is 1.57 bits per heavy atom. The van der Waals surface area contributed by atoms with Crippen molar-refractivity contribution in [3.63, 3.8) is 0 Å². The number of benzene rings is 1. The van der Waals surface area contributed by atoms with Crippen molar-refractivity contribution in [1.29, 1.82) is 0 Å². The fourth-order valence-electron chi connectivity index (χ4n) is 1.08. The Kier molecular flexibility index (Phi) is 4.09. The summed E-state index contributed by atoms with van der Waals surface area (Å²) in [5, 5.41) is 0. The monoisotopic (exact) mass is 233 g/mol. The molecule has 0 spiro atoms. The van der Waals surface area contributed by atoms with Crippen molar-refractivity contribution in [2.45, 2.75) is 11.5 Å². The van der Waals surface area contributed by atoms with Crippen LogP contribution in [-0.2, 0) is 32.9 Å². The quantitative estimate of drug-likeness (QED) is 0.701. The fraction of sp³-hybridized carbons (Fsp3) is 0.250. The number of thiol groups is 2. The van der Waals surface area contributed by atoms with Crippen LogP contribution in [0.1, 0.15) is 11.1 Å². The zero-order valence-electron chi connectivity index (χ0n) is 7.17. The summed E-state index contributed by atoms with van der Waals surface area (Å²) >= 11 is 0. The van der Waals surface area contributed by atoms with Crippen LogP contribution in [0.2, 0.25) is 0 Å². The van der Waals surface area contributed by atoms with Gasteiger partial charge in [-0.1, -0.05) is 12.1 Å². The van der Waals surface area contributed by atoms with Gasteiger partial charge >= 0.3 is 0 Å². The molecule has 1 aromatic carbocycles. The SMILES string of the molecule is O=[SH](=O)Cc1c[c]ccc1C[SH](=O)=O. The predicted octanol–water partition coefficient (Wildman–Crippen LogP) is -0.290. The van der Waals surface area contributed by atoms with E-state index >= 15 is 0 Å². The first-order valence-corrected chi connectivity index (χ1v) is 6.53. The molecule has 0 bridgehead atoms. The van der Waals surface area contributed by atoms with E-state index in [0.717, 1.165) is 0 Å². The summed E-state index contributed by atoms with van der Waals surface area (Å²) in [4.78, 5) is 0. The maximum Gasteiger partial charge on any atom is 0.144 e. The van der Waals surface area contributed by atoms with Crippen LogP contribution in [0.25, 0.3) is 0 Å². The zero-order chi connectivity index (χ0) is 10.6.